The average Bonchev–Trinajstić information content (AvgIpc) is 2.58. The van der Waals surface area contributed by atoms with E-state index in [-0.39, 0.29) is 11.8 Å². The van der Waals surface area contributed by atoms with Crippen LogP contribution in [0.25, 0.3) is 0 Å². The van der Waals surface area contributed by atoms with Gasteiger partial charge in [-0.2, -0.15) is 0 Å². The van der Waals surface area contributed by atoms with Crippen molar-refractivity contribution in [3.63, 3.8) is 0 Å². The maximum absolute atomic E-state index is 12.3. The molecule has 2 amide bonds. The zero-order valence-corrected chi connectivity index (χ0v) is 17.8. The molecule has 0 spiro atoms. The van der Waals surface area contributed by atoms with E-state index in [0.29, 0.717) is 18.9 Å². The zero-order valence-electron chi connectivity index (χ0n) is 17.8. The summed E-state index contributed by atoms with van der Waals surface area (Å²) >= 11 is 0. The van der Waals surface area contributed by atoms with Crippen molar-refractivity contribution in [1.29, 1.82) is 0 Å². The number of rotatable bonds is 9. The van der Waals surface area contributed by atoms with Gasteiger partial charge in [0, 0.05) is 12.5 Å². The summed E-state index contributed by atoms with van der Waals surface area (Å²) in [6.45, 7) is 9.92. The largest absolute Gasteiger partial charge is 0.444 e. The predicted molar refractivity (Wildman–Crippen MR) is 107 cm³/mol. The first-order chi connectivity index (χ1) is 12.6. The molecular formula is C21H40N2O4. The molecule has 3 N–H and O–H groups in total. The molecule has 1 saturated carbocycles. The van der Waals surface area contributed by atoms with Crippen molar-refractivity contribution in [1.82, 2.24) is 10.6 Å². The lowest BCUT2D eigenvalue weighted by Crippen LogP contribution is -2.47. The number of carbonyl (C=O) groups is 2. The summed E-state index contributed by atoms with van der Waals surface area (Å²) < 4.78 is 5.37. The van der Waals surface area contributed by atoms with Gasteiger partial charge in [-0.15, -0.1) is 0 Å². The lowest BCUT2D eigenvalue weighted by atomic mass is 9.82. The number of ether oxygens (including phenoxy) is 1. The summed E-state index contributed by atoms with van der Waals surface area (Å²) in [6.07, 6.45) is 6.57. The first kappa shape index (κ1) is 23.7. The van der Waals surface area contributed by atoms with E-state index < -0.39 is 23.8 Å². The molecule has 1 aliphatic rings. The third-order valence-corrected chi connectivity index (χ3v) is 5.07. The van der Waals surface area contributed by atoms with Crippen molar-refractivity contribution in [2.75, 3.05) is 6.54 Å². The van der Waals surface area contributed by atoms with Gasteiger partial charge in [-0.1, -0.05) is 46.0 Å². The highest BCUT2D eigenvalue weighted by Gasteiger charge is 2.30. The number of nitrogens with one attached hydrogen (secondary N) is 2. The van der Waals surface area contributed by atoms with Crippen LogP contribution < -0.4 is 10.6 Å². The standard InChI is InChI=1S/C21H40N2O4/c1-6-12-22-19(25)15(2)13-18(24)17(14-16-10-8-7-9-11-16)23-20(26)27-21(3,4)5/h15-18,24H,6-14H2,1-5H3,(H,22,25)(H,23,26)/t15-,17+,18+/m1/s1. The molecule has 0 aliphatic heterocycles. The van der Waals surface area contributed by atoms with Gasteiger partial charge < -0.3 is 20.5 Å². The van der Waals surface area contributed by atoms with Gasteiger partial charge >= 0.3 is 6.09 Å². The topological polar surface area (TPSA) is 87.7 Å². The smallest absolute Gasteiger partial charge is 0.407 e. The molecule has 0 aromatic heterocycles. The fourth-order valence-corrected chi connectivity index (χ4v) is 3.61. The van der Waals surface area contributed by atoms with Crippen molar-refractivity contribution in [2.24, 2.45) is 11.8 Å². The van der Waals surface area contributed by atoms with E-state index in [4.69, 9.17) is 4.74 Å². The minimum absolute atomic E-state index is 0.0513. The summed E-state index contributed by atoms with van der Waals surface area (Å²) in [7, 11) is 0. The van der Waals surface area contributed by atoms with Crippen LogP contribution in [0, 0.1) is 11.8 Å². The Hall–Kier alpha value is -1.30. The van der Waals surface area contributed by atoms with E-state index in [1.807, 2.05) is 34.6 Å². The summed E-state index contributed by atoms with van der Waals surface area (Å²) in [5, 5.41) is 16.5. The molecule has 0 bridgehead atoms. The third kappa shape index (κ3) is 9.99. The predicted octanol–water partition coefficient (Wildman–Crippen LogP) is 3.76. The fraction of sp³-hybridized carbons (Fsp3) is 0.905. The maximum Gasteiger partial charge on any atom is 0.407 e. The normalized spacial score (nSPS) is 19.0. The first-order valence-corrected chi connectivity index (χ1v) is 10.6. The van der Waals surface area contributed by atoms with Crippen LogP contribution in [-0.2, 0) is 9.53 Å². The molecule has 1 fully saturated rings. The molecule has 0 aromatic carbocycles. The van der Waals surface area contributed by atoms with Gasteiger partial charge in [0.15, 0.2) is 0 Å². The number of aliphatic hydroxyl groups excluding tert-OH is 1. The van der Waals surface area contributed by atoms with Crippen molar-refractivity contribution in [3.8, 4) is 0 Å². The Labute approximate surface area is 164 Å². The summed E-state index contributed by atoms with van der Waals surface area (Å²) in [5.74, 6) is 0.142. The second-order valence-electron chi connectivity index (χ2n) is 8.99. The molecular weight excluding hydrogens is 344 g/mol. The minimum Gasteiger partial charge on any atom is -0.444 e. The van der Waals surface area contributed by atoms with Crippen LogP contribution in [0.2, 0.25) is 0 Å². The van der Waals surface area contributed by atoms with Gasteiger partial charge in [0.05, 0.1) is 12.1 Å². The van der Waals surface area contributed by atoms with Crippen LogP contribution in [0.4, 0.5) is 4.79 Å². The number of carbonyl (C=O) groups excluding carboxylic acids is 2. The molecule has 158 valence electrons. The van der Waals surface area contributed by atoms with Crippen molar-refractivity contribution in [3.05, 3.63) is 0 Å². The minimum atomic E-state index is -0.776. The summed E-state index contributed by atoms with van der Waals surface area (Å²) in [4.78, 5) is 24.4. The van der Waals surface area contributed by atoms with Crippen LogP contribution in [-0.4, -0.2) is 41.4 Å². The van der Waals surface area contributed by atoms with E-state index in [0.717, 1.165) is 25.7 Å². The van der Waals surface area contributed by atoms with Gasteiger partial charge in [-0.25, -0.2) is 4.79 Å². The highest BCUT2D eigenvalue weighted by Crippen LogP contribution is 2.29. The molecule has 0 saturated heterocycles. The number of alkyl carbamates (subject to hydrolysis) is 1. The maximum atomic E-state index is 12.3. The number of hydrogen-bond donors (Lipinski definition) is 3. The van der Waals surface area contributed by atoms with Crippen LogP contribution >= 0.6 is 0 Å². The van der Waals surface area contributed by atoms with Crippen molar-refractivity contribution >= 4 is 12.0 Å². The molecule has 0 heterocycles. The van der Waals surface area contributed by atoms with E-state index in [1.54, 1.807) is 0 Å². The highest BCUT2D eigenvalue weighted by atomic mass is 16.6. The second-order valence-corrected chi connectivity index (χ2v) is 8.99. The molecule has 27 heavy (non-hydrogen) atoms. The second kappa shape index (κ2) is 11.5. The first-order valence-electron chi connectivity index (χ1n) is 10.6. The molecule has 1 rings (SSSR count). The Bertz CT molecular complexity index is 456. The molecule has 1 aliphatic carbocycles. The van der Waals surface area contributed by atoms with Gasteiger partial charge in [0.25, 0.3) is 0 Å². The lowest BCUT2D eigenvalue weighted by molar-refractivity contribution is -0.125. The van der Waals surface area contributed by atoms with Crippen LogP contribution in [0.3, 0.4) is 0 Å². The SMILES string of the molecule is CCCNC(=O)[C@H](C)C[C@H](O)[C@H](CC1CCCCC1)NC(=O)OC(C)(C)C. The highest BCUT2D eigenvalue weighted by molar-refractivity contribution is 5.78. The van der Waals surface area contributed by atoms with Crippen LogP contribution in [0.1, 0.15) is 86.0 Å². The quantitative estimate of drug-likeness (QED) is 0.565. The van der Waals surface area contributed by atoms with E-state index in [1.165, 1.54) is 19.3 Å². The van der Waals surface area contributed by atoms with Gasteiger partial charge in [0.1, 0.15) is 5.60 Å². The van der Waals surface area contributed by atoms with Gasteiger partial charge in [-0.05, 0) is 46.0 Å². The van der Waals surface area contributed by atoms with Crippen molar-refractivity contribution in [2.45, 2.75) is 104 Å². The number of hydrogen-bond acceptors (Lipinski definition) is 4. The lowest BCUT2D eigenvalue weighted by Gasteiger charge is -2.31. The third-order valence-electron chi connectivity index (χ3n) is 5.07. The van der Waals surface area contributed by atoms with Gasteiger partial charge in [0.2, 0.25) is 5.91 Å². The Balaban J connectivity index is 2.69. The average molecular weight is 385 g/mol. The Morgan fingerprint density at radius 3 is 2.37 bits per heavy atom. The monoisotopic (exact) mass is 384 g/mol. The Morgan fingerprint density at radius 1 is 1.19 bits per heavy atom. The number of amides is 2. The molecule has 6 nitrogen and oxygen atoms in total. The molecule has 0 unspecified atom stereocenters. The Morgan fingerprint density at radius 2 is 1.81 bits per heavy atom. The molecule has 0 aromatic rings. The van der Waals surface area contributed by atoms with E-state index >= 15 is 0 Å². The van der Waals surface area contributed by atoms with E-state index in [2.05, 4.69) is 10.6 Å². The van der Waals surface area contributed by atoms with E-state index in [9.17, 15) is 14.7 Å². The van der Waals surface area contributed by atoms with Crippen LogP contribution in [0.15, 0.2) is 0 Å². The Kier molecular flexibility index (Phi) is 10.1. The molecule has 6 heteroatoms. The fourth-order valence-electron chi connectivity index (χ4n) is 3.61. The van der Waals surface area contributed by atoms with Gasteiger partial charge in [-0.3, -0.25) is 4.79 Å². The van der Waals surface area contributed by atoms with Crippen molar-refractivity contribution < 1.29 is 19.4 Å². The number of aliphatic hydroxyl groups is 1. The molecule has 3 atom stereocenters. The zero-order chi connectivity index (χ0) is 20.4. The summed E-state index contributed by atoms with van der Waals surface area (Å²) in [6, 6.07) is -0.399. The molecule has 0 radical (unpaired) electrons. The summed E-state index contributed by atoms with van der Waals surface area (Å²) in [5.41, 5.74) is -0.586. The van der Waals surface area contributed by atoms with Crippen LogP contribution in [0.5, 0.6) is 0 Å².